The number of amides is 1. The summed E-state index contributed by atoms with van der Waals surface area (Å²) in [5, 5.41) is 15.7. The topological polar surface area (TPSA) is 75.9 Å². The van der Waals surface area contributed by atoms with Crippen molar-refractivity contribution in [2.24, 2.45) is 0 Å². The van der Waals surface area contributed by atoms with Crippen LogP contribution in [0.25, 0.3) is 5.70 Å². The standard InChI is InChI=1S/C21H19ClN6O/c1-2-12-23-20(29)14-27-18(15-6-4-3-5-7-15)13-19(28-21(27)24-25-26-28)16-8-10-17(22)11-9-16/h2-11,13,19H,1,12,14H2,(H,23,29)/t19-/m1/s1. The number of nitrogens with zero attached hydrogens (tertiary/aromatic N) is 5. The van der Waals surface area contributed by atoms with Crippen molar-refractivity contribution in [3.63, 3.8) is 0 Å². The van der Waals surface area contributed by atoms with Gasteiger partial charge in [0.2, 0.25) is 5.91 Å². The lowest BCUT2D eigenvalue weighted by molar-refractivity contribution is -0.119. The molecule has 1 aliphatic heterocycles. The molecule has 2 heterocycles. The van der Waals surface area contributed by atoms with E-state index in [2.05, 4.69) is 33.5 Å². The largest absolute Gasteiger partial charge is 0.351 e. The second kappa shape index (κ2) is 8.28. The molecule has 0 fully saturated rings. The van der Waals surface area contributed by atoms with E-state index in [0.29, 0.717) is 17.5 Å². The number of aromatic nitrogens is 4. The number of allylic oxidation sites excluding steroid dienone is 1. The van der Waals surface area contributed by atoms with E-state index in [-0.39, 0.29) is 18.5 Å². The van der Waals surface area contributed by atoms with Gasteiger partial charge < -0.3 is 5.32 Å². The molecule has 1 aliphatic rings. The Bertz CT molecular complexity index is 1040. The average Bonchev–Trinajstić information content (AvgIpc) is 3.24. The van der Waals surface area contributed by atoms with Crippen LogP contribution >= 0.6 is 11.6 Å². The van der Waals surface area contributed by atoms with Gasteiger partial charge in [-0.25, -0.2) is 0 Å². The zero-order valence-corrected chi connectivity index (χ0v) is 16.3. The van der Waals surface area contributed by atoms with Gasteiger partial charge in [0.05, 0.1) is 5.70 Å². The van der Waals surface area contributed by atoms with E-state index in [1.54, 1.807) is 10.8 Å². The van der Waals surface area contributed by atoms with Crippen LogP contribution in [0.4, 0.5) is 5.95 Å². The summed E-state index contributed by atoms with van der Waals surface area (Å²) in [5.74, 6) is 0.353. The minimum atomic E-state index is -0.222. The van der Waals surface area contributed by atoms with Gasteiger partial charge in [-0.05, 0) is 39.8 Å². The van der Waals surface area contributed by atoms with Crippen molar-refractivity contribution >= 4 is 29.2 Å². The van der Waals surface area contributed by atoms with Crippen molar-refractivity contribution in [2.45, 2.75) is 6.04 Å². The normalized spacial score (nSPS) is 15.4. The lowest BCUT2D eigenvalue weighted by atomic mass is 10.0. The molecular formula is C21H19ClN6O. The average molecular weight is 407 g/mol. The molecule has 1 N–H and O–H groups in total. The van der Waals surface area contributed by atoms with Crippen molar-refractivity contribution in [1.82, 2.24) is 25.5 Å². The molecule has 2 aromatic carbocycles. The lowest BCUT2D eigenvalue weighted by Gasteiger charge is -2.32. The molecule has 0 radical (unpaired) electrons. The smallest absolute Gasteiger partial charge is 0.251 e. The summed E-state index contributed by atoms with van der Waals surface area (Å²) < 4.78 is 1.70. The summed E-state index contributed by atoms with van der Waals surface area (Å²) in [7, 11) is 0. The van der Waals surface area contributed by atoms with E-state index >= 15 is 0 Å². The van der Waals surface area contributed by atoms with Crippen LogP contribution < -0.4 is 10.2 Å². The van der Waals surface area contributed by atoms with Crippen LogP contribution in [0.5, 0.6) is 0 Å². The third-order valence-electron chi connectivity index (χ3n) is 4.61. The number of carbonyl (C=O) groups is 1. The monoisotopic (exact) mass is 406 g/mol. The number of fused-ring (bicyclic) bond motifs is 1. The molecule has 1 amide bonds. The SMILES string of the molecule is C=CCNC(=O)CN1C(c2ccccc2)=C[C@H](c2ccc(Cl)cc2)n2nnnc21. The zero-order chi connectivity index (χ0) is 20.2. The summed E-state index contributed by atoms with van der Waals surface area (Å²) >= 11 is 6.05. The summed E-state index contributed by atoms with van der Waals surface area (Å²) in [4.78, 5) is 14.3. The molecule has 29 heavy (non-hydrogen) atoms. The molecule has 1 aromatic heterocycles. The van der Waals surface area contributed by atoms with E-state index in [1.165, 1.54) is 0 Å². The Morgan fingerprint density at radius 3 is 2.66 bits per heavy atom. The molecule has 8 heteroatoms. The van der Waals surface area contributed by atoms with Crippen molar-refractivity contribution < 1.29 is 4.79 Å². The number of hydrogen-bond acceptors (Lipinski definition) is 5. The van der Waals surface area contributed by atoms with Gasteiger partial charge in [-0.1, -0.05) is 65.2 Å². The van der Waals surface area contributed by atoms with Crippen LogP contribution in [0, 0.1) is 0 Å². The molecule has 146 valence electrons. The number of nitrogens with one attached hydrogen (secondary N) is 1. The molecule has 0 aliphatic carbocycles. The van der Waals surface area contributed by atoms with Crippen LogP contribution in [0.2, 0.25) is 5.02 Å². The molecule has 3 aromatic rings. The first kappa shape index (κ1) is 18.9. The van der Waals surface area contributed by atoms with Crippen LogP contribution in [0.1, 0.15) is 17.2 Å². The Morgan fingerprint density at radius 2 is 1.93 bits per heavy atom. The molecule has 0 saturated heterocycles. The number of benzene rings is 2. The Hall–Kier alpha value is -3.45. The maximum atomic E-state index is 12.4. The highest BCUT2D eigenvalue weighted by Gasteiger charge is 2.31. The molecule has 0 bridgehead atoms. The van der Waals surface area contributed by atoms with Gasteiger partial charge >= 0.3 is 0 Å². The lowest BCUT2D eigenvalue weighted by Crippen LogP contribution is -2.40. The summed E-state index contributed by atoms with van der Waals surface area (Å²) in [6.45, 7) is 4.12. The molecule has 0 spiro atoms. The maximum Gasteiger partial charge on any atom is 0.251 e. The van der Waals surface area contributed by atoms with Gasteiger partial charge in [0.25, 0.3) is 5.95 Å². The minimum Gasteiger partial charge on any atom is -0.351 e. The molecule has 4 rings (SSSR count). The number of tetrazole rings is 1. The minimum absolute atomic E-state index is 0.0856. The Labute approximate surface area is 173 Å². The van der Waals surface area contributed by atoms with Crippen molar-refractivity contribution in [3.05, 3.63) is 89.5 Å². The highest BCUT2D eigenvalue weighted by Crippen LogP contribution is 2.36. The highest BCUT2D eigenvalue weighted by atomic mass is 35.5. The van der Waals surface area contributed by atoms with Gasteiger partial charge in [0, 0.05) is 11.6 Å². The second-order valence-corrected chi connectivity index (χ2v) is 6.95. The van der Waals surface area contributed by atoms with Crippen LogP contribution in [-0.2, 0) is 4.79 Å². The fraction of sp³-hybridized carbons (Fsp3) is 0.143. The molecule has 7 nitrogen and oxygen atoms in total. The number of hydrogen-bond donors (Lipinski definition) is 1. The van der Waals surface area contributed by atoms with Crippen LogP contribution in [0.15, 0.2) is 73.3 Å². The molecular weight excluding hydrogens is 388 g/mol. The molecule has 1 atom stereocenters. The molecule has 0 saturated carbocycles. The van der Waals surface area contributed by atoms with E-state index in [4.69, 9.17) is 11.6 Å². The van der Waals surface area contributed by atoms with Gasteiger partial charge in [-0.15, -0.1) is 6.58 Å². The first-order valence-corrected chi connectivity index (χ1v) is 9.51. The fourth-order valence-corrected chi connectivity index (χ4v) is 3.39. The number of halogens is 1. The van der Waals surface area contributed by atoms with Crippen LogP contribution in [-0.4, -0.2) is 39.2 Å². The van der Waals surface area contributed by atoms with Crippen molar-refractivity contribution in [3.8, 4) is 0 Å². The Kier molecular flexibility index (Phi) is 5.39. The maximum absolute atomic E-state index is 12.4. The molecule has 0 unspecified atom stereocenters. The predicted octanol–water partition coefficient (Wildman–Crippen LogP) is 3.08. The zero-order valence-electron chi connectivity index (χ0n) is 15.6. The summed E-state index contributed by atoms with van der Waals surface area (Å²) in [6.07, 6.45) is 3.70. The summed E-state index contributed by atoms with van der Waals surface area (Å²) in [6, 6.07) is 17.2. The predicted molar refractivity (Wildman–Crippen MR) is 112 cm³/mol. The van der Waals surface area contributed by atoms with Crippen molar-refractivity contribution in [1.29, 1.82) is 0 Å². The number of carbonyl (C=O) groups excluding carboxylic acids is 1. The number of anilines is 1. The second-order valence-electron chi connectivity index (χ2n) is 6.52. The van der Waals surface area contributed by atoms with E-state index < -0.39 is 0 Å². The van der Waals surface area contributed by atoms with Gasteiger partial charge in [-0.2, -0.15) is 4.68 Å². The van der Waals surface area contributed by atoms with Gasteiger partial charge in [-0.3, -0.25) is 9.69 Å². The van der Waals surface area contributed by atoms with Gasteiger partial charge in [0.1, 0.15) is 12.6 Å². The quantitative estimate of drug-likeness (QED) is 0.636. The van der Waals surface area contributed by atoms with E-state index in [1.807, 2.05) is 59.5 Å². The highest BCUT2D eigenvalue weighted by molar-refractivity contribution is 6.30. The third-order valence-corrected chi connectivity index (χ3v) is 4.87. The van der Waals surface area contributed by atoms with Gasteiger partial charge in [0.15, 0.2) is 0 Å². The first-order chi connectivity index (χ1) is 14.2. The Morgan fingerprint density at radius 1 is 1.17 bits per heavy atom. The van der Waals surface area contributed by atoms with Crippen LogP contribution in [0.3, 0.4) is 0 Å². The third kappa shape index (κ3) is 3.90. The first-order valence-electron chi connectivity index (χ1n) is 9.13. The van der Waals surface area contributed by atoms with E-state index in [9.17, 15) is 4.79 Å². The van der Waals surface area contributed by atoms with E-state index in [0.717, 1.165) is 16.8 Å². The Balaban J connectivity index is 1.78. The van der Waals surface area contributed by atoms with Crippen molar-refractivity contribution in [2.75, 3.05) is 18.0 Å². The fourth-order valence-electron chi connectivity index (χ4n) is 3.26. The number of rotatable bonds is 6. The summed E-state index contributed by atoms with van der Waals surface area (Å²) in [5.41, 5.74) is 2.82.